The zero-order chi connectivity index (χ0) is 10.5. The van der Waals surface area contributed by atoms with E-state index in [-0.39, 0.29) is 17.2 Å². The summed E-state index contributed by atoms with van der Waals surface area (Å²) in [6.07, 6.45) is 3.52. The lowest BCUT2D eigenvalue weighted by atomic mass is 9.59. The molecule has 3 N–H and O–H groups in total. The largest absolute Gasteiger partial charge is 0.369 e. The van der Waals surface area contributed by atoms with Gasteiger partial charge in [0.25, 0.3) is 0 Å². The molecule has 15 heavy (non-hydrogen) atoms. The first-order valence-corrected chi connectivity index (χ1v) is 5.20. The fraction of sp³-hybridized carbons (Fsp3) is 0.455. The molecule has 1 amide bonds. The molecule has 2 heterocycles. The Morgan fingerprint density at radius 3 is 3.13 bits per heavy atom. The molecular weight excluding hydrogens is 190 g/mol. The quantitative estimate of drug-likeness (QED) is 0.703. The van der Waals surface area contributed by atoms with Gasteiger partial charge in [0.2, 0.25) is 5.91 Å². The highest BCUT2D eigenvalue weighted by molar-refractivity contribution is 5.79. The molecule has 0 unspecified atom stereocenters. The lowest BCUT2D eigenvalue weighted by Gasteiger charge is -2.43. The first-order valence-electron chi connectivity index (χ1n) is 5.20. The van der Waals surface area contributed by atoms with Gasteiger partial charge in [-0.3, -0.25) is 4.79 Å². The van der Waals surface area contributed by atoms with Crippen molar-refractivity contribution in [3.63, 3.8) is 0 Å². The van der Waals surface area contributed by atoms with Gasteiger partial charge >= 0.3 is 0 Å². The van der Waals surface area contributed by atoms with Crippen LogP contribution in [0.4, 0.5) is 5.82 Å². The van der Waals surface area contributed by atoms with Gasteiger partial charge in [-0.15, -0.1) is 0 Å². The second-order valence-electron chi connectivity index (χ2n) is 4.54. The molecule has 0 bridgehead atoms. The van der Waals surface area contributed by atoms with E-state index in [9.17, 15) is 4.79 Å². The number of hydrogen-bond acceptors (Lipinski definition) is 3. The maximum Gasteiger partial charge on any atom is 0.220 e. The lowest BCUT2D eigenvalue weighted by molar-refractivity contribution is -0.126. The van der Waals surface area contributed by atoms with Gasteiger partial charge in [0.1, 0.15) is 5.82 Å². The summed E-state index contributed by atoms with van der Waals surface area (Å²) < 4.78 is 0. The number of carbonyl (C=O) groups is 1. The molecule has 0 radical (unpaired) electrons. The molecule has 0 saturated heterocycles. The molecule has 1 aromatic heterocycles. The SMILES string of the molecule is NC(=O)C1CC2(CNc3ncccc32)C1. The Kier molecular flexibility index (Phi) is 1.58. The van der Waals surface area contributed by atoms with E-state index < -0.39 is 0 Å². The van der Waals surface area contributed by atoms with Crippen molar-refractivity contribution in [1.29, 1.82) is 0 Å². The minimum atomic E-state index is -0.169. The van der Waals surface area contributed by atoms with Crippen LogP contribution in [-0.2, 0) is 10.2 Å². The van der Waals surface area contributed by atoms with Crippen LogP contribution in [0.15, 0.2) is 18.3 Å². The second-order valence-corrected chi connectivity index (χ2v) is 4.54. The summed E-state index contributed by atoms with van der Waals surface area (Å²) in [4.78, 5) is 15.3. The topological polar surface area (TPSA) is 68.0 Å². The number of nitrogens with two attached hydrogens (primary N) is 1. The average Bonchev–Trinajstić information content (AvgIpc) is 2.54. The standard InChI is InChI=1S/C11H13N3O/c12-9(15)7-4-11(5-7)6-14-10-8(11)2-1-3-13-10/h1-3,7H,4-6H2,(H2,12,15)(H,13,14). The molecule has 4 nitrogen and oxygen atoms in total. The highest BCUT2D eigenvalue weighted by Gasteiger charge is 2.51. The van der Waals surface area contributed by atoms with Gasteiger partial charge in [-0.1, -0.05) is 6.07 Å². The van der Waals surface area contributed by atoms with Crippen molar-refractivity contribution in [3.8, 4) is 0 Å². The van der Waals surface area contributed by atoms with Crippen LogP contribution in [0.2, 0.25) is 0 Å². The van der Waals surface area contributed by atoms with Crippen LogP contribution in [-0.4, -0.2) is 17.4 Å². The molecule has 1 saturated carbocycles. The van der Waals surface area contributed by atoms with Gasteiger partial charge in [-0.25, -0.2) is 4.98 Å². The molecule has 1 aliphatic carbocycles. The second kappa shape index (κ2) is 2.72. The summed E-state index contributed by atoms with van der Waals surface area (Å²) in [5, 5.41) is 3.29. The number of amides is 1. The molecule has 4 heteroatoms. The van der Waals surface area contributed by atoms with Crippen molar-refractivity contribution in [2.45, 2.75) is 18.3 Å². The third-order valence-corrected chi connectivity index (χ3v) is 3.65. The van der Waals surface area contributed by atoms with Gasteiger partial charge in [0.15, 0.2) is 0 Å². The van der Waals surface area contributed by atoms with Crippen LogP contribution in [0.25, 0.3) is 0 Å². The Bertz CT molecular complexity index is 424. The molecule has 1 fully saturated rings. The van der Waals surface area contributed by atoms with Crippen LogP contribution in [0.3, 0.4) is 0 Å². The summed E-state index contributed by atoms with van der Waals surface area (Å²) in [5.74, 6) is 0.858. The van der Waals surface area contributed by atoms with E-state index in [4.69, 9.17) is 5.73 Å². The smallest absolute Gasteiger partial charge is 0.220 e. The lowest BCUT2D eigenvalue weighted by Crippen LogP contribution is -2.48. The first-order chi connectivity index (χ1) is 7.21. The van der Waals surface area contributed by atoms with Crippen molar-refractivity contribution in [2.75, 3.05) is 11.9 Å². The highest BCUT2D eigenvalue weighted by Crippen LogP contribution is 2.52. The van der Waals surface area contributed by atoms with Crippen molar-refractivity contribution < 1.29 is 4.79 Å². The molecule has 0 atom stereocenters. The van der Waals surface area contributed by atoms with Crippen LogP contribution >= 0.6 is 0 Å². The van der Waals surface area contributed by atoms with E-state index in [0.717, 1.165) is 25.2 Å². The third-order valence-electron chi connectivity index (χ3n) is 3.65. The Labute approximate surface area is 87.9 Å². The van der Waals surface area contributed by atoms with Gasteiger partial charge in [-0.2, -0.15) is 0 Å². The monoisotopic (exact) mass is 203 g/mol. The van der Waals surface area contributed by atoms with E-state index in [1.807, 2.05) is 6.07 Å². The number of aromatic nitrogens is 1. The van der Waals surface area contributed by atoms with Crippen LogP contribution in [0, 0.1) is 5.92 Å². The van der Waals surface area contributed by atoms with Gasteiger partial charge < -0.3 is 11.1 Å². The van der Waals surface area contributed by atoms with E-state index in [0.29, 0.717) is 0 Å². The minimum absolute atomic E-state index is 0.0537. The number of pyridine rings is 1. The number of rotatable bonds is 1. The average molecular weight is 203 g/mol. The van der Waals surface area contributed by atoms with Crippen LogP contribution < -0.4 is 11.1 Å². The summed E-state index contributed by atoms with van der Waals surface area (Å²) in [6.45, 7) is 0.892. The van der Waals surface area contributed by atoms with Crippen LogP contribution in [0.1, 0.15) is 18.4 Å². The Morgan fingerprint density at radius 1 is 1.60 bits per heavy atom. The molecule has 0 aromatic carbocycles. The van der Waals surface area contributed by atoms with Gasteiger partial charge in [-0.05, 0) is 18.9 Å². The number of anilines is 1. The van der Waals surface area contributed by atoms with Gasteiger partial charge in [0.05, 0.1) is 0 Å². The number of fused-ring (bicyclic) bond motifs is 2. The number of carbonyl (C=O) groups excluding carboxylic acids is 1. The van der Waals surface area contributed by atoms with E-state index >= 15 is 0 Å². The fourth-order valence-corrected chi connectivity index (χ4v) is 2.77. The van der Waals surface area contributed by atoms with Gasteiger partial charge in [0, 0.05) is 29.6 Å². The summed E-state index contributed by atoms with van der Waals surface area (Å²) in [7, 11) is 0. The number of hydrogen-bond donors (Lipinski definition) is 2. The Balaban J connectivity index is 1.90. The van der Waals surface area contributed by atoms with E-state index in [1.165, 1.54) is 5.56 Å². The summed E-state index contributed by atoms with van der Waals surface area (Å²) in [5.41, 5.74) is 6.67. The first kappa shape index (κ1) is 8.71. The predicted molar refractivity (Wildman–Crippen MR) is 56.3 cm³/mol. The fourth-order valence-electron chi connectivity index (χ4n) is 2.77. The Hall–Kier alpha value is -1.58. The molecule has 78 valence electrons. The number of primary amides is 1. The van der Waals surface area contributed by atoms with Crippen molar-refractivity contribution in [3.05, 3.63) is 23.9 Å². The normalized spacial score (nSPS) is 31.9. The Morgan fingerprint density at radius 2 is 2.40 bits per heavy atom. The zero-order valence-electron chi connectivity index (χ0n) is 8.36. The molecule has 2 aliphatic rings. The predicted octanol–water partition coefficient (Wildman–Crippen LogP) is 0.640. The highest BCUT2D eigenvalue weighted by atomic mass is 16.1. The van der Waals surface area contributed by atoms with Crippen molar-refractivity contribution in [2.24, 2.45) is 11.7 Å². The maximum atomic E-state index is 11.0. The summed E-state index contributed by atoms with van der Waals surface area (Å²) in [6, 6.07) is 4.05. The number of nitrogens with one attached hydrogen (secondary N) is 1. The molecule has 1 aliphatic heterocycles. The number of nitrogens with zero attached hydrogens (tertiary/aromatic N) is 1. The van der Waals surface area contributed by atoms with E-state index in [2.05, 4.69) is 16.4 Å². The minimum Gasteiger partial charge on any atom is -0.369 e. The van der Waals surface area contributed by atoms with E-state index in [1.54, 1.807) is 6.20 Å². The molecule has 3 rings (SSSR count). The molecular formula is C11H13N3O. The van der Waals surface area contributed by atoms with Crippen molar-refractivity contribution >= 4 is 11.7 Å². The zero-order valence-corrected chi connectivity index (χ0v) is 8.36. The molecule has 1 spiro atoms. The van der Waals surface area contributed by atoms with Crippen molar-refractivity contribution in [1.82, 2.24) is 4.98 Å². The van der Waals surface area contributed by atoms with Crippen LogP contribution in [0.5, 0.6) is 0 Å². The summed E-state index contributed by atoms with van der Waals surface area (Å²) >= 11 is 0. The maximum absolute atomic E-state index is 11.0. The molecule has 1 aromatic rings. The third kappa shape index (κ3) is 1.07.